The predicted octanol–water partition coefficient (Wildman–Crippen LogP) is 1.12. The van der Waals surface area contributed by atoms with Crippen molar-refractivity contribution in [1.29, 1.82) is 0 Å². The van der Waals surface area contributed by atoms with Gasteiger partial charge in [-0.25, -0.2) is 8.42 Å². The van der Waals surface area contributed by atoms with Crippen molar-refractivity contribution in [1.82, 2.24) is 10.0 Å². The summed E-state index contributed by atoms with van der Waals surface area (Å²) in [5.41, 5.74) is 6.34. The Labute approximate surface area is 166 Å². The Morgan fingerprint density at radius 2 is 1.67 bits per heavy atom. The summed E-state index contributed by atoms with van der Waals surface area (Å²) in [6, 6.07) is 5.05. The van der Waals surface area contributed by atoms with E-state index in [1.165, 1.54) is 38.1 Å². The molecular weight excluding hydrogens is 392 g/mol. The van der Waals surface area contributed by atoms with Crippen LogP contribution < -0.4 is 21.1 Å². The molecule has 0 saturated heterocycles. The van der Waals surface area contributed by atoms with Gasteiger partial charge in [-0.3, -0.25) is 9.59 Å². The minimum absolute atomic E-state index is 0. The van der Waals surface area contributed by atoms with Crippen molar-refractivity contribution in [2.75, 3.05) is 5.32 Å². The van der Waals surface area contributed by atoms with Crippen LogP contribution >= 0.6 is 12.4 Å². The number of nitrogens with two attached hydrogens (primary N) is 1. The number of nitrogens with one attached hydrogen (secondary N) is 3. The quantitative estimate of drug-likeness (QED) is 0.549. The predicted molar refractivity (Wildman–Crippen MR) is 106 cm³/mol. The van der Waals surface area contributed by atoms with Gasteiger partial charge in [-0.15, -0.1) is 12.4 Å². The Hall–Kier alpha value is -1.68. The van der Waals surface area contributed by atoms with E-state index < -0.39 is 16.1 Å². The summed E-state index contributed by atoms with van der Waals surface area (Å²) in [5, 5.41) is 5.44. The first-order chi connectivity index (χ1) is 12.2. The van der Waals surface area contributed by atoms with Gasteiger partial charge in [0.15, 0.2) is 0 Å². The lowest BCUT2D eigenvalue weighted by Gasteiger charge is -2.28. The van der Waals surface area contributed by atoms with Gasteiger partial charge in [0.1, 0.15) is 0 Å². The van der Waals surface area contributed by atoms with Crippen molar-refractivity contribution in [2.45, 2.75) is 62.6 Å². The smallest absolute Gasteiger partial charge is 0.241 e. The second-order valence-corrected chi connectivity index (χ2v) is 8.38. The molecule has 1 saturated carbocycles. The van der Waals surface area contributed by atoms with Crippen molar-refractivity contribution >= 4 is 39.9 Å². The Balaban J connectivity index is 0.00000364. The molecule has 10 heteroatoms. The largest absolute Gasteiger partial charge is 0.352 e. The van der Waals surface area contributed by atoms with Crippen LogP contribution in [0.2, 0.25) is 0 Å². The highest BCUT2D eigenvalue weighted by Gasteiger charge is 2.25. The number of hydrogen-bond donors (Lipinski definition) is 4. The number of sulfonamides is 1. The molecule has 0 spiro atoms. The Bertz CT molecular complexity index is 747. The SMILES string of the molecule is CC(=O)Nc1ccc(S(=O)(=O)NC(C)C(=O)NC2CCC(N)CC2)cc1.Cl. The van der Waals surface area contributed by atoms with E-state index in [0.29, 0.717) is 5.69 Å². The third-order valence-corrected chi connectivity index (χ3v) is 5.89. The van der Waals surface area contributed by atoms with Gasteiger partial charge in [0.25, 0.3) is 0 Å². The number of hydrogen-bond acceptors (Lipinski definition) is 5. The molecule has 152 valence electrons. The van der Waals surface area contributed by atoms with Crippen molar-refractivity contribution in [3.63, 3.8) is 0 Å². The molecule has 2 rings (SSSR count). The van der Waals surface area contributed by atoms with E-state index in [1.807, 2.05) is 0 Å². The van der Waals surface area contributed by atoms with Crippen LogP contribution in [0.3, 0.4) is 0 Å². The van der Waals surface area contributed by atoms with Gasteiger partial charge < -0.3 is 16.4 Å². The van der Waals surface area contributed by atoms with E-state index in [2.05, 4.69) is 15.4 Å². The second-order valence-electron chi connectivity index (χ2n) is 6.67. The van der Waals surface area contributed by atoms with Crippen LogP contribution in [0.1, 0.15) is 39.5 Å². The molecule has 0 heterocycles. The van der Waals surface area contributed by atoms with Crippen LogP contribution in [0.25, 0.3) is 0 Å². The highest BCUT2D eigenvalue weighted by atomic mass is 35.5. The van der Waals surface area contributed by atoms with Crippen LogP contribution in [0.4, 0.5) is 5.69 Å². The zero-order valence-electron chi connectivity index (χ0n) is 15.4. The van der Waals surface area contributed by atoms with Crippen molar-refractivity contribution in [3.8, 4) is 0 Å². The van der Waals surface area contributed by atoms with Gasteiger partial charge in [-0.1, -0.05) is 0 Å². The fraction of sp³-hybridized carbons (Fsp3) is 0.529. The van der Waals surface area contributed by atoms with E-state index in [9.17, 15) is 18.0 Å². The molecule has 1 aliphatic rings. The second kappa shape index (κ2) is 10.0. The van der Waals surface area contributed by atoms with Gasteiger partial charge in [0.05, 0.1) is 10.9 Å². The molecule has 1 aliphatic carbocycles. The van der Waals surface area contributed by atoms with E-state index in [0.717, 1.165) is 25.7 Å². The first kappa shape index (κ1) is 23.4. The number of anilines is 1. The average molecular weight is 419 g/mol. The Kier molecular flexibility index (Phi) is 8.67. The summed E-state index contributed by atoms with van der Waals surface area (Å²) >= 11 is 0. The monoisotopic (exact) mass is 418 g/mol. The third kappa shape index (κ3) is 7.10. The molecule has 1 aromatic rings. The van der Waals surface area contributed by atoms with E-state index >= 15 is 0 Å². The van der Waals surface area contributed by atoms with E-state index in [1.54, 1.807) is 0 Å². The lowest BCUT2D eigenvalue weighted by atomic mass is 9.92. The number of halogens is 1. The molecule has 1 unspecified atom stereocenters. The number of amides is 2. The van der Waals surface area contributed by atoms with Crippen molar-refractivity contribution < 1.29 is 18.0 Å². The van der Waals surface area contributed by atoms with Gasteiger partial charge in [-0.2, -0.15) is 4.72 Å². The first-order valence-electron chi connectivity index (χ1n) is 8.63. The maximum atomic E-state index is 12.4. The summed E-state index contributed by atoms with van der Waals surface area (Å²) < 4.78 is 27.2. The molecule has 0 bridgehead atoms. The fourth-order valence-electron chi connectivity index (χ4n) is 2.86. The maximum absolute atomic E-state index is 12.4. The molecule has 1 atom stereocenters. The lowest BCUT2D eigenvalue weighted by molar-refractivity contribution is -0.123. The average Bonchev–Trinajstić information content (AvgIpc) is 2.56. The zero-order valence-corrected chi connectivity index (χ0v) is 17.0. The highest BCUT2D eigenvalue weighted by Crippen LogP contribution is 2.17. The standard InChI is InChI=1S/C17H26N4O4S.ClH/c1-11(17(23)20-15-5-3-13(18)4-6-15)21-26(24,25)16-9-7-14(8-10-16)19-12(2)22;/h7-11,13,15,21H,3-6,18H2,1-2H3,(H,19,22)(H,20,23);1H. The topological polar surface area (TPSA) is 130 Å². The number of benzene rings is 1. The van der Waals surface area contributed by atoms with E-state index in [-0.39, 0.29) is 41.2 Å². The summed E-state index contributed by atoms with van der Waals surface area (Å²) in [5.74, 6) is -0.600. The Morgan fingerprint density at radius 3 is 2.19 bits per heavy atom. The lowest BCUT2D eigenvalue weighted by Crippen LogP contribution is -2.49. The first-order valence-corrected chi connectivity index (χ1v) is 10.1. The van der Waals surface area contributed by atoms with Crippen LogP contribution in [0.5, 0.6) is 0 Å². The minimum atomic E-state index is -3.84. The Morgan fingerprint density at radius 1 is 1.11 bits per heavy atom. The van der Waals surface area contributed by atoms with Crippen LogP contribution in [0.15, 0.2) is 29.2 Å². The van der Waals surface area contributed by atoms with Gasteiger partial charge in [0.2, 0.25) is 21.8 Å². The molecular formula is C17H27ClN4O4S. The highest BCUT2D eigenvalue weighted by molar-refractivity contribution is 7.89. The molecule has 1 aromatic carbocycles. The molecule has 1 fully saturated rings. The molecule has 5 N–H and O–H groups in total. The summed E-state index contributed by atoms with van der Waals surface area (Å²) in [6.45, 7) is 2.87. The van der Waals surface area contributed by atoms with Gasteiger partial charge in [-0.05, 0) is 56.9 Å². The number of carbonyl (C=O) groups excluding carboxylic acids is 2. The molecule has 8 nitrogen and oxygen atoms in total. The van der Waals surface area contributed by atoms with E-state index in [4.69, 9.17) is 5.73 Å². The van der Waals surface area contributed by atoms with Gasteiger partial charge in [0, 0.05) is 24.7 Å². The summed E-state index contributed by atoms with van der Waals surface area (Å²) in [4.78, 5) is 23.3. The number of carbonyl (C=O) groups is 2. The van der Waals surface area contributed by atoms with Crippen molar-refractivity contribution in [2.24, 2.45) is 5.73 Å². The molecule has 2 amide bonds. The van der Waals surface area contributed by atoms with Crippen LogP contribution in [-0.4, -0.2) is 38.4 Å². The normalized spacial score (nSPS) is 20.9. The third-order valence-electron chi connectivity index (χ3n) is 4.33. The van der Waals surface area contributed by atoms with Crippen molar-refractivity contribution in [3.05, 3.63) is 24.3 Å². The summed E-state index contributed by atoms with van der Waals surface area (Å²) in [6.07, 6.45) is 3.31. The molecule has 0 aromatic heterocycles. The van der Waals surface area contributed by atoms with Gasteiger partial charge >= 0.3 is 0 Å². The fourth-order valence-corrected chi connectivity index (χ4v) is 4.07. The molecule has 0 aliphatic heterocycles. The molecule has 0 radical (unpaired) electrons. The molecule has 27 heavy (non-hydrogen) atoms. The summed E-state index contributed by atoms with van der Waals surface area (Å²) in [7, 11) is -3.84. The number of rotatable bonds is 6. The van der Waals surface area contributed by atoms with Crippen LogP contribution in [0, 0.1) is 0 Å². The zero-order chi connectivity index (χ0) is 19.3. The minimum Gasteiger partial charge on any atom is -0.352 e. The maximum Gasteiger partial charge on any atom is 0.241 e. The van der Waals surface area contributed by atoms with Crippen LogP contribution in [-0.2, 0) is 19.6 Å².